The molecule has 0 aromatic heterocycles. The van der Waals surface area contributed by atoms with E-state index in [2.05, 4.69) is 6.92 Å². The van der Waals surface area contributed by atoms with Gasteiger partial charge in [0, 0.05) is 13.1 Å². The molecule has 0 saturated carbocycles. The number of rotatable bonds is 4. The molecule has 1 unspecified atom stereocenters. The van der Waals surface area contributed by atoms with Crippen molar-refractivity contribution in [3.8, 4) is 5.75 Å². The number of amides is 1. The summed E-state index contributed by atoms with van der Waals surface area (Å²) in [6.45, 7) is 4.33. The number of hydrogen-bond donors (Lipinski definition) is 1. The summed E-state index contributed by atoms with van der Waals surface area (Å²) in [7, 11) is 0. The van der Waals surface area contributed by atoms with Crippen molar-refractivity contribution in [1.82, 2.24) is 4.90 Å². The van der Waals surface area contributed by atoms with Crippen molar-refractivity contribution < 1.29 is 9.53 Å². The van der Waals surface area contributed by atoms with Crippen molar-refractivity contribution in [3.05, 3.63) is 24.3 Å². The standard InChI is InChI=1S/C14H20N2O2/c1-11-6-8-16(10-11)14(17)7-9-18-13-5-3-2-4-12(13)15/h2-5,11H,6-10,15H2,1H3. The summed E-state index contributed by atoms with van der Waals surface area (Å²) in [6, 6.07) is 7.34. The maximum Gasteiger partial charge on any atom is 0.226 e. The third-order valence-electron chi connectivity index (χ3n) is 3.27. The average Bonchev–Trinajstić information content (AvgIpc) is 2.78. The van der Waals surface area contributed by atoms with Crippen molar-refractivity contribution >= 4 is 11.6 Å². The number of likely N-dealkylation sites (tertiary alicyclic amines) is 1. The number of carbonyl (C=O) groups is 1. The van der Waals surface area contributed by atoms with Gasteiger partial charge in [0.15, 0.2) is 0 Å². The Bertz CT molecular complexity index is 420. The Labute approximate surface area is 108 Å². The lowest BCUT2D eigenvalue weighted by Crippen LogP contribution is -2.29. The second-order valence-corrected chi connectivity index (χ2v) is 4.87. The van der Waals surface area contributed by atoms with Gasteiger partial charge in [-0.2, -0.15) is 0 Å². The first-order valence-electron chi connectivity index (χ1n) is 6.42. The first-order chi connectivity index (χ1) is 8.66. The van der Waals surface area contributed by atoms with Gasteiger partial charge in [-0.15, -0.1) is 0 Å². The van der Waals surface area contributed by atoms with Crippen molar-refractivity contribution in [3.63, 3.8) is 0 Å². The van der Waals surface area contributed by atoms with Gasteiger partial charge in [0.25, 0.3) is 0 Å². The van der Waals surface area contributed by atoms with Crippen LogP contribution in [0, 0.1) is 5.92 Å². The van der Waals surface area contributed by atoms with Gasteiger partial charge < -0.3 is 15.4 Å². The van der Waals surface area contributed by atoms with Crippen LogP contribution >= 0.6 is 0 Å². The Morgan fingerprint density at radius 1 is 1.50 bits per heavy atom. The third kappa shape index (κ3) is 3.15. The number of carbonyl (C=O) groups excluding carboxylic acids is 1. The molecule has 0 aliphatic carbocycles. The molecule has 1 heterocycles. The van der Waals surface area contributed by atoms with Gasteiger partial charge in [-0.05, 0) is 24.5 Å². The largest absolute Gasteiger partial charge is 0.491 e. The summed E-state index contributed by atoms with van der Waals surface area (Å²) in [5.74, 6) is 1.45. The van der Waals surface area contributed by atoms with Crippen molar-refractivity contribution in [2.75, 3.05) is 25.4 Å². The second-order valence-electron chi connectivity index (χ2n) is 4.87. The molecule has 0 bridgehead atoms. The minimum atomic E-state index is 0.175. The highest BCUT2D eigenvalue weighted by Gasteiger charge is 2.22. The summed E-state index contributed by atoms with van der Waals surface area (Å²) in [4.78, 5) is 13.8. The molecule has 1 fully saturated rings. The molecule has 1 aromatic rings. The lowest BCUT2D eigenvalue weighted by Gasteiger charge is -2.16. The monoisotopic (exact) mass is 248 g/mol. The van der Waals surface area contributed by atoms with Crippen LogP contribution in [0.5, 0.6) is 5.75 Å². The van der Waals surface area contributed by atoms with Gasteiger partial charge in [-0.1, -0.05) is 19.1 Å². The molecule has 1 amide bonds. The molecule has 2 rings (SSSR count). The van der Waals surface area contributed by atoms with Crippen molar-refractivity contribution in [1.29, 1.82) is 0 Å². The van der Waals surface area contributed by atoms with Gasteiger partial charge >= 0.3 is 0 Å². The highest BCUT2D eigenvalue weighted by atomic mass is 16.5. The summed E-state index contributed by atoms with van der Waals surface area (Å²) in [5, 5.41) is 0. The van der Waals surface area contributed by atoms with Crippen LogP contribution < -0.4 is 10.5 Å². The lowest BCUT2D eigenvalue weighted by atomic mass is 10.2. The molecule has 0 spiro atoms. The lowest BCUT2D eigenvalue weighted by molar-refractivity contribution is -0.130. The van der Waals surface area contributed by atoms with Crippen LogP contribution in [-0.4, -0.2) is 30.5 Å². The predicted molar refractivity (Wildman–Crippen MR) is 71.3 cm³/mol. The van der Waals surface area contributed by atoms with E-state index in [-0.39, 0.29) is 5.91 Å². The number of nitrogens with zero attached hydrogens (tertiary/aromatic N) is 1. The van der Waals surface area contributed by atoms with Crippen LogP contribution in [-0.2, 0) is 4.79 Å². The van der Waals surface area contributed by atoms with E-state index in [1.807, 2.05) is 23.1 Å². The Morgan fingerprint density at radius 2 is 2.28 bits per heavy atom. The van der Waals surface area contributed by atoms with E-state index in [4.69, 9.17) is 10.5 Å². The van der Waals surface area contributed by atoms with E-state index in [1.54, 1.807) is 6.07 Å². The summed E-state index contributed by atoms with van der Waals surface area (Å²) < 4.78 is 5.52. The minimum Gasteiger partial charge on any atom is -0.491 e. The number of hydrogen-bond acceptors (Lipinski definition) is 3. The van der Waals surface area contributed by atoms with E-state index in [1.165, 1.54) is 0 Å². The van der Waals surface area contributed by atoms with Crippen LogP contribution in [0.25, 0.3) is 0 Å². The Hall–Kier alpha value is -1.71. The molecule has 4 nitrogen and oxygen atoms in total. The van der Waals surface area contributed by atoms with Gasteiger partial charge in [-0.25, -0.2) is 0 Å². The molecule has 98 valence electrons. The highest BCUT2D eigenvalue weighted by molar-refractivity contribution is 5.76. The zero-order chi connectivity index (χ0) is 13.0. The molecular formula is C14H20N2O2. The maximum atomic E-state index is 11.9. The summed E-state index contributed by atoms with van der Waals surface area (Å²) in [6.07, 6.45) is 1.53. The highest BCUT2D eigenvalue weighted by Crippen LogP contribution is 2.20. The predicted octanol–water partition coefficient (Wildman–Crippen LogP) is 1.91. The third-order valence-corrected chi connectivity index (χ3v) is 3.27. The van der Waals surface area contributed by atoms with Crippen LogP contribution in [0.3, 0.4) is 0 Å². The van der Waals surface area contributed by atoms with E-state index in [0.717, 1.165) is 19.5 Å². The van der Waals surface area contributed by atoms with E-state index in [9.17, 15) is 4.79 Å². The fourth-order valence-electron chi connectivity index (χ4n) is 2.18. The number of ether oxygens (including phenoxy) is 1. The van der Waals surface area contributed by atoms with E-state index < -0.39 is 0 Å². The first-order valence-corrected chi connectivity index (χ1v) is 6.42. The molecule has 1 aliphatic heterocycles. The first kappa shape index (κ1) is 12.7. The maximum absolute atomic E-state index is 11.9. The topological polar surface area (TPSA) is 55.6 Å². The number of nitrogens with two attached hydrogens (primary N) is 1. The molecule has 2 N–H and O–H groups in total. The number of nitrogen functional groups attached to an aromatic ring is 1. The second kappa shape index (κ2) is 5.76. The van der Waals surface area contributed by atoms with Crippen LogP contribution in [0.4, 0.5) is 5.69 Å². The fourth-order valence-corrected chi connectivity index (χ4v) is 2.18. The molecule has 1 saturated heterocycles. The number of benzene rings is 1. The molecule has 1 aliphatic rings. The number of anilines is 1. The Kier molecular flexibility index (Phi) is 4.07. The van der Waals surface area contributed by atoms with Gasteiger partial charge in [0.05, 0.1) is 18.7 Å². The van der Waals surface area contributed by atoms with E-state index >= 15 is 0 Å². The van der Waals surface area contributed by atoms with Gasteiger partial charge in [-0.3, -0.25) is 4.79 Å². The average molecular weight is 248 g/mol. The SMILES string of the molecule is CC1CCN(C(=O)CCOc2ccccc2N)C1. The number of para-hydroxylation sites is 2. The molecule has 18 heavy (non-hydrogen) atoms. The molecule has 1 atom stereocenters. The molecule has 1 aromatic carbocycles. The molecule has 4 heteroatoms. The van der Waals surface area contributed by atoms with Crippen LogP contribution in [0.15, 0.2) is 24.3 Å². The molecular weight excluding hydrogens is 228 g/mol. The zero-order valence-corrected chi connectivity index (χ0v) is 10.8. The summed E-state index contributed by atoms with van der Waals surface area (Å²) in [5.41, 5.74) is 6.37. The van der Waals surface area contributed by atoms with Gasteiger partial charge in [0.2, 0.25) is 5.91 Å². The summed E-state index contributed by atoms with van der Waals surface area (Å²) >= 11 is 0. The normalized spacial score (nSPS) is 18.9. The minimum absolute atomic E-state index is 0.175. The smallest absolute Gasteiger partial charge is 0.226 e. The Morgan fingerprint density at radius 3 is 2.94 bits per heavy atom. The van der Waals surface area contributed by atoms with E-state index in [0.29, 0.717) is 30.4 Å². The van der Waals surface area contributed by atoms with Crippen molar-refractivity contribution in [2.24, 2.45) is 5.92 Å². The Balaban J connectivity index is 1.75. The van der Waals surface area contributed by atoms with Crippen molar-refractivity contribution in [2.45, 2.75) is 19.8 Å². The van der Waals surface area contributed by atoms with Crippen LogP contribution in [0.2, 0.25) is 0 Å². The molecule has 0 radical (unpaired) electrons. The zero-order valence-electron chi connectivity index (χ0n) is 10.8. The fraction of sp³-hybridized carbons (Fsp3) is 0.500. The van der Waals surface area contributed by atoms with Gasteiger partial charge in [0.1, 0.15) is 5.75 Å². The van der Waals surface area contributed by atoms with Crippen LogP contribution in [0.1, 0.15) is 19.8 Å². The quantitative estimate of drug-likeness (QED) is 0.828.